The maximum atomic E-state index is 11.8. The third-order valence-corrected chi connectivity index (χ3v) is 3.87. The Labute approximate surface area is 138 Å². The minimum absolute atomic E-state index is 0.501. The van der Waals surface area contributed by atoms with Crippen molar-refractivity contribution in [1.82, 2.24) is 9.97 Å². The fourth-order valence-corrected chi connectivity index (χ4v) is 2.85. The number of hydrogen-bond acceptors (Lipinski definition) is 5. The first-order valence-corrected chi connectivity index (χ1v) is 8.04. The number of benzene rings is 1. The molecule has 0 aliphatic rings. The summed E-state index contributed by atoms with van der Waals surface area (Å²) in [5, 5.41) is 3.17. The summed E-state index contributed by atoms with van der Waals surface area (Å²) in [6.45, 7) is 5.46. The number of fused-ring (bicyclic) bond motifs is 1. The maximum absolute atomic E-state index is 11.8. The second kappa shape index (κ2) is 5.96. The molecule has 0 atom stereocenters. The molecule has 6 heteroatoms. The van der Waals surface area contributed by atoms with Gasteiger partial charge >= 0.3 is 6.09 Å². The minimum Gasteiger partial charge on any atom is -0.444 e. The zero-order valence-electron chi connectivity index (χ0n) is 13.2. The fourth-order valence-electron chi connectivity index (χ4n) is 2.05. The highest BCUT2D eigenvalue weighted by Crippen LogP contribution is 2.28. The van der Waals surface area contributed by atoms with Gasteiger partial charge in [-0.15, -0.1) is 0 Å². The Bertz CT molecular complexity index is 838. The average molecular weight is 327 g/mol. The molecule has 0 radical (unpaired) electrons. The molecule has 0 aliphatic heterocycles. The molecule has 3 aromatic rings. The summed E-state index contributed by atoms with van der Waals surface area (Å²) in [6, 6.07) is 11.8. The SMILES string of the molecule is CC(C)(C)OC(=O)Nc1nc2cc(-c3ccccc3)ncc2s1. The lowest BCUT2D eigenvalue weighted by atomic mass is 10.1. The molecular weight excluding hydrogens is 310 g/mol. The zero-order valence-corrected chi connectivity index (χ0v) is 14.0. The maximum Gasteiger partial charge on any atom is 0.413 e. The molecule has 1 amide bonds. The fraction of sp³-hybridized carbons (Fsp3) is 0.235. The molecule has 2 aromatic heterocycles. The summed E-state index contributed by atoms with van der Waals surface area (Å²) in [7, 11) is 0. The van der Waals surface area contributed by atoms with Gasteiger partial charge in [0.05, 0.1) is 15.9 Å². The summed E-state index contributed by atoms with van der Waals surface area (Å²) in [5.41, 5.74) is 2.15. The van der Waals surface area contributed by atoms with Crippen LogP contribution < -0.4 is 5.32 Å². The Balaban J connectivity index is 1.84. The number of aromatic nitrogens is 2. The predicted molar refractivity (Wildman–Crippen MR) is 92.7 cm³/mol. The number of thiazole rings is 1. The molecule has 2 heterocycles. The van der Waals surface area contributed by atoms with Crippen LogP contribution in [0.1, 0.15) is 20.8 Å². The largest absolute Gasteiger partial charge is 0.444 e. The Morgan fingerprint density at radius 2 is 1.96 bits per heavy atom. The second-order valence-electron chi connectivity index (χ2n) is 6.05. The number of nitrogens with zero attached hydrogens (tertiary/aromatic N) is 2. The van der Waals surface area contributed by atoms with Crippen LogP contribution in [-0.2, 0) is 4.74 Å². The number of hydrogen-bond donors (Lipinski definition) is 1. The van der Waals surface area contributed by atoms with Crippen molar-refractivity contribution in [1.29, 1.82) is 0 Å². The van der Waals surface area contributed by atoms with Crippen molar-refractivity contribution in [3.63, 3.8) is 0 Å². The van der Waals surface area contributed by atoms with Crippen LogP contribution in [0.5, 0.6) is 0 Å². The summed E-state index contributed by atoms with van der Waals surface area (Å²) in [5.74, 6) is 0. The van der Waals surface area contributed by atoms with Gasteiger partial charge in [-0.2, -0.15) is 0 Å². The molecule has 118 valence electrons. The molecule has 3 rings (SSSR count). The molecule has 0 aliphatic carbocycles. The molecule has 0 spiro atoms. The first-order valence-electron chi connectivity index (χ1n) is 7.23. The number of amides is 1. The van der Waals surface area contributed by atoms with Crippen LogP contribution in [-0.4, -0.2) is 21.7 Å². The van der Waals surface area contributed by atoms with Gasteiger partial charge in [0, 0.05) is 11.8 Å². The first kappa shape index (κ1) is 15.4. The predicted octanol–water partition coefficient (Wildman–Crippen LogP) is 4.71. The van der Waals surface area contributed by atoms with Crippen molar-refractivity contribution < 1.29 is 9.53 Å². The molecule has 0 unspecified atom stereocenters. The number of carbonyl (C=O) groups excluding carboxylic acids is 1. The van der Waals surface area contributed by atoms with Gasteiger partial charge in [-0.25, -0.2) is 9.78 Å². The van der Waals surface area contributed by atoms with E-state index in [-0.39, 0.29) is 0 Å². The van der Waals surface area contributed by atoms with Gasteiger partial charge in [-0.1, -0.05) is 41.7 Å². The molecule has 1 aromatic carbocycles. The number of rotatable bonds is 2. The van der Waals surface area contributed by atoms with E-state index in [0.29, 0.717) is 5.13 Å². The number of ether oxygens (including phenoxy) is 1. The molecule has 1 N–H and O–H groups in total. The van der Waals surface area contributed by atoms with Gasteiger partial charge in [0.15, 0.2) is 5.13 Å². The summed E-state index contributed by atoms with van der Waals surface area (Å²) in [4.78, 5) is 20.7. The molecule has 0 bridgehead atoms. The molecule has 23 heavy (non-hydrogen) atoms. The summed E-state index contributed by atoms with van der Waals surface area (Å²) < 4.78 is 6.14. The molecule has 0 fully saturated rings. The van der Waals surface area contributed by atoms with E-state index in [4.69, 9.17) is 4.74 Å². The highest BCUT2D eigenvalue weighted by Gasteiger charge is 2.17. The normalized spacial score (nSPS) is 11.4. The smallest absolute Gasteiger partial charge is 0.413 e. The minimum atomic E-state index is -0.539. The second-order valence-corrected chi connectivity index (χ2v) is 7.08. The van der Waals surface area contributed by atoms with Crippen LogP contribution in [0.3, 0.4) is 0 Å². The lowest BCUT2D eigenvalue weighted by molar-refractivity contribution is 0.0636. The van der Waals surface area contributed by atoms with Gasteiger partial charge in [-0.05, 0) is 26.8 Å². The topological polar surface area (TPSA) is 64.1 Å². The van der Waals surface area contributed by atoms with E-state index in [0.717, 1.165) is 21.5 Å². The Hall–Kier alpha value is -2.47. The van der Waals surface area contributed by atoms with E-state index in [1.165, 1.54) is 11.3 Å². The van der Waals surface area contributed by atoms with E-state index in [9.17, 15) is 4.79 Å². The Morgan fingerprint density at radius 3 is 2.65 bits per heavy atom. The first-order chi connectivity index (χ1) is 10.9. The van der Waals surface area contributed by atoms with Gasteiger partial charge < -0.3 is 4.74 Å². The van der Waals surface area contributed by atoms with Crippen LogP contribution in [0.2, 0.25) is 0 Å². The number of carbonyl (C=O) groups is 1. The molecule has 0 saturated heterocycles. The monoisotopic (exact) mass is 327 g/mol. The highest BCUT2D eigenvalue weighted by molar-refractivity contribution is 7.22. The van der Waals surface area contributed by atoms with Crippen molar-refractivity contribution in [2.75, 3.05) is 5.32 Å². The standard InChI is InChI=1S/C17H17N3O2S/c1-17(2,3)22-16(21)20-15-19-13-9-12(18-10-14(13)23-15)11-7-5-4-6-8-11/h4-10H,1-3H3,(H,19,20,21). The van der Waals surface area contributed by atoms with Crippen molar-refractivity contribution in [3.8, 4) is 11.3 Å². The quantitative estimate of drug-likeness (QED) is 0.740. The van der Waals surface area contributed by atoms with E-state index in [1.54, 1.807) is 6.20 Å². The lowest BCUT2D eigenvalue weighted by Crippen LogP contribution is -2.27. The lowest BCUT2D eigenvalue weighted by Gasteiger charge is -2.18. The third kappa shape index (κ3) is 3.84. The van der Waals surface area contributed by atoms with E-state index in [2.05, 4.69) is 15.3 Å². The van der Waals surface area contributed by atoms with Crippen LogP contribution in [0.15, 0.2) is 42.6 Å². The van der Waals surface area contributed by atoms with Crippen LogP contribution in [0, 0.1) is 0 Å². The Morgan fingerprint density at radius 1 is 1.22 bits per heavy atom. The molecular formula is C17H17N3O2S. The summed E-state index contributed by atoms with van der Waals surface area (Å²) >= 11 is 1.37. The van der Waals surface area contributed by atoms with E-state index in [1.807, 2.05) is 57.2 Å². The molecule has 0 saturated carbocycles. The zero-order chi connectivity index (χ0) is 16.4. The van der Waals surface area contributed by atoms with E-state index < -0.39 is 11.7 Å². The number of pyridine rings is 1. The van der Waals surface area contributed by atoms with Crippen molar-refractivity contribution in [2.24, 2.45) is 0 Å². The van der Waals surface area contributed by atoms with Crippen molar-refractivity contribution >= 4 is 32.8 Å². The van der Waals surface area contributed by atoms with Gasteiger partial charge in [-0.3, -0.25) is 10.3 Å². The molecule has 5 nitrogen and oxygen atoms in total. The summed E-state index contributed by atoms with van der Waals surface area (Å²) in [6.07, 6.45) is 1.27. The van der Waals surface area contributed by atoms with Gasteiger partial charge in [0.2, 0.25) is 0 Å². The van der Waals surface area contributed by atoms with Crippen LogP contribution in [0.25, 0.3) is 21.5 Å². The average Bonchev–Trinajstić information content (AvgIpc) is 2.87. The Kier molecular flexibility index (Phi) is 4.00. The van der Waals surface area contributed by atoms with Crippen molar-refractivity contribution in [2.45, 2.75) is 26.4 Å². The van der Waals surface area contributed by atoms with Gasteiger partial charge in [0.1, 0.15) is 5.60 Å². The van der Waals surface area contributed by atoms with Crippen LogP contribution >= 0.6 is 11.3 Å². The highest BCUT2D eigenvalue weighted by atomic mass is 32.1. The van der Waals surface area contributed by atoms with Gasteiger partial charge in [0.25, 0.3) is 0 Å². The van der Waals surface area contributed by atoms with E-state index >= 15 is 0 Å². The van der Waals surface area contributed by atoms with Crippen LogP contribution in [0.4, 0.5) is 9.93 Å². The third-order valence-electron chi connectivity index (χ3n) is 2.95. The number of nitrogens with one attached hydrogen (secondary N) is 1. The van der Waals surface area contributed by atoms with Crippen molar-refractivity contribution in [3.05, 3.63) is 42.6 Å². The number of anilines is 1.